The van der Waals surface area contributed by atoms with Crippen molar-refractivity contribution in [2.45, 2.75) is 6.18 Å². The number of aromatic amines is 1. The maximum absolute atomic E-state index is 12.3. The molecular weight excluding hydrogens is 193 g/mol. The average Bonchev–Trinajstić information content (AvgIpc) is 2.41. The number of fused-ring (bicyclic) bond motifs is 1. The number of halogens is 3. The van der Waals surface area contributed by atoms with Crippen LogP contribution in [0.15, 0.2) is 24.3 Å². The Morgan fingerprint density at radius 2 is 1.86 bits per heavy atom. The van der Waals surface area contributed by atoms with E-state index in [0.717, 1.165) is 12.1 Å². The first-order valence-corrected chi connectivity index (χ1v) is 3.92. The predicted octanol–water partition coefficient (Wildman–Crippen LogP) is 2.77. The molecule has 1 heterocycles. The molecule has 0 radical (unpaired) electrons. The third kappa shape index (κ3) is 1.41. The van der Waals surface area contributed by atoms with Gasteiger partial charge in [-0.15, -0.1) is 0 Å². The van der Waals surface area contributed by atoms with Crippen LogP contribution in [0.4, 0.5) is 19.0 Å². The Kier molecular flexibility index (Phi) is 1.70. The first-order valence-electron chi connectivity index (χ1n) is 3.92. The summed E-state index contributed by atoms with van der Waals surface area (Å²) >= 11 is 0. The van der Waals surface area contributed by atoms with Crippen molar-refractivity contribution in [2.75, 3.05) is 5.73 Å². The molecule has 0 aliphatic rings. The Morgan fingerprint density at radius 3 is 2.50 bits per heavy atom. The number of hydrogen-bond acceptors (Lipinski definition) is 1. The number of benzene rings is 1. The van der Waals surface area contributed by atoms with Gasteiger partial charge in [-0.25, -0.2) is 0 Å². The van der Waals surface area contributed by atoms with E-state index in [-0.39, 0.29) is 0 Å². The van der Waals surface area contributed by atoms with Gasteiger partial charge in [-0.1, -0.05) is 6.07 Å². The van der Waals surface area contributed by atoms with E-state index in [2.05, 4.69) is 4.98 Å². The lowest BCUT2D eigenvalue weighted by Crippen LogP contribution is -2.03. The van der Waals surface area contributed by atoms with Crippen LogP contribution < -0.4 is 5.73 Å². The maximum atomic E-state index is 12.3. The van der Waals surface area contributed by atoms with Crippen LogP contribution in [0.25, 0.3) is 10.9 Å². The van der Waals surface area contributed by atoms with E-state index in [1.165, 1.54) is 6.07 Å². The van der Waals surface area contributed by atoms with Gasteiger partial charge in [-0.05, 0) is 18.2 Å². The summed E-state index contributed by atoms with van der Waals surface area (Å²) in [4.78, 5) is 2.65. The summed E-state index contributed by atoms with van der Waals surface area (Å²) in [6.45, 7) is 0. The number of nitrogens with two attached hydrogens (primary N) is 1. The number of aromatic nitrogens is 1. The Balaban J connectivity index is 2.62. The molecule has 74 valence electrons. The van der Waals surface area contributed by atoms with Crippen LogP contribution in [0.1, 0.15) is 5.56 Å². The molecule has 0 spiro atoms. The summed E-state index contributed by atoms with van der Waals surface area (Å²) < 4.78 is 36.8. The second-order valence-corrected chi connectivity index (χ2v) is 3.02. The van der Waals surface area contributed by atoms with Crippen molar-refractivity contribution in [2.24, 2.45) is 0 Å². The summed E-state index contributed by atoms with van der Waals surface area (Å²) in [6.07, 6.45) is -4.31. The van der Waals surface area contributed by atoms with Gasteiger partial charge in [0.25, 0.3) is 0 Å². The molecule has 1 aromatic carbocycles. The smallest absolute Gasteiger partial charge is 0.385 e. The largest absolute Gasteiger partial charge is 0.416 e. The molecule has 0 aliphatic carbocycles. The van der Waals surface area contributed by atoms with Crippen LogP contribution >= 0.6 is 0 Å². The number of rotatable bonds is 0. The SMILES string of the molecule is Nc1cc2ccc(C(F)(F)F)cc2[nH]1. The lowest BCUT2D eigenvalue weighted by molar-refractivity contribution is -0.137. The van der Waals surface area contributed by atoms with Gasteiger partial charge in [0.15, 0.2) is 0 Å². The molecule has 0 atom stereocenters. The van der Waals surface area contributed by atoms with Crippen molar-refractivity contribution in [1.82, 2.24) is 4.98 Å². The van der Waals surface area contributed by atoms with Crippen molar-refractivity contribution >= 4 is 16.7 Å². The Morgan fingerprint density at radius 1 is 1.14 bits per heavy atom. The minimum absolute atomic E-state index is 0.360. The summed E-state index contributed by atoms with van der Waals surface area (Å²) in [5, 5.41) is 0.676. The zero-order valence-corrected chi connectivity index (χ0v) is 7.02. The number of nitrogen functional groups attached to an aromatic ring is 1. The van der Waals surface area contributed by atoms with E-state index >= 15 is 0 Å². The summed E-state index contributed by atoms with van der Waals surface area (Å²) in [7, 11) is 0. The second-order valence-electron chi connectivity index (χ2n) is 3.02. The number of alkyl halides is 3. The summed E-state index contributed by atoms with van der Waals surface area (Å²) in [5.74, 6) is 0.360. The lowest BCUT2D eigenvalue weighted by atomic mass is 10.1. The van der Waals surface area contributed by atoms with Crippen LogP contribution in [0.2, 0.25) is 0 Å². The average molecular weight is 200 g/mol. The van der Waals surface area contributed by atoms with Crippen LogP contribution in [0, 0.1) is 0 Å². The number of nitrogens with one attached hydrogen (secondary N) is 1. The topological polar surface area (TPSA) is 41.8 Å². The molecule has 0 unspecified atom stereocenters. The molecule has 2 aromatic rings. The number of H-pyrrole nitrogens is 1. The fourth-order valence-electron chi connectivity index (χ4n) is 1.33. The van der Waals surface area contributed by atoms with Crippen molar-refractivity contribution < 1.29 is 13.2 Å². The molecule has 5 heteroatoms. The van der Waals surface area contributed by atoms with Crippen LogP contribution in [0.3, 0.4) is 0 Å². The van der Waals surface area contributed by atoms with Gasteiger partial charge in [-0.2, -0.15) is 13.2 Å². The van der Waals surface area contributed by atoms with Crippen molar-refractivity contribution in [3.05, 3.63) is 29.8 Å². The Hall–Kier alpha value is -1.65. The van der Waals surface area contributed by atoms with Crippen LogP contribution in [-0.4, -0.2) is 4.98 Å². The normalized spacial score (nSPS) is 12.2. The van der Waals surface area contributed by atoms with Gasteiger partial charge in [-0.3, -0.25) is 0 Å². The molecule has 2 rings (SSSR count). The molecule has 14 heavy (non-hydrogen) atoms. The second kappa shape index (κ2) is 2.67. The zero-order chi connectivity index (χ0) is 10.3. The maximum Gasteiger partial charge on any atom is 0.416 e. The lowest BCUT2D eigenvalue weighted by Gasteiger charge is -2.05. The third-order valence-electron chi connectivity index (χ3n) is 1.97. The van der Waals surface area contributed by atoms with Gasteiger partial charge >= 0.3 is 6.18 Å². The number of hydrogen-bond donors (Lipinski definition) is 2. The highest BCUT2D eigenvalue weighted by Crippen LogP contribution is 2.31. The first-order chi connectivity index (χ1) is 6.47. The number of anilines is 1. The summed E-state index contributed by atoms with van der Waals surface area (Å²) in [5.41, 5.74) is 5.14. The van der Waals surface area contributed by atoms with Crippen LogP contribution in [0.5, 0.6) is 0 Å². The molecule has 1 aromatic heterocycles. The first kappa shape index (κ1) is 8.93. The van der Waals surface area contributed by atoms with Crippen molar-refractivity contribution in [3.63, 3.8) is 0 Å². The third-order valence-corrected chi connectivity index (χ3v) is 1.97. The van der Waals surface area contributed by atoms with Crippen LogP contribution in [-0.2, 0) is 6.18 Å². The zero-order valence-electron chi connectivity index (χ0n) is 7.02. The molecule has 0 fully saturated rings. The van der Waals surface area contributed by atoms with Gasteiger partial charge in [0.05, 0.1) is 5.56 Å². The molecule has 0 amide bonds. The molecule has 0 bridgehead atoms. The fraction of sp³-hybridized carbons (Fsp3) is 0.111. The van der Waals surface area contributed by atoms with Gasteiger partial charge in [0, 0.05) is 10.9 Å². The highest BCUT2D eigenvalue weighted by Gasteiger charge is 2.30. The summed E-state index contributed by atoms with van der Waals surface area (Å²) in [6, 6.07) is 5.07. The van der Waals surface area contributed by atoms with E-state index in [9.17, 15) is 13.2 Å². The van der Waals surface area contributed by atoms with Gasteiger partial charge in [0.1, 0.15) is 5.82 Å². The predicted molar refractivity (Wildman–Crippen MR) is 47.7 cm³/mol. The minimum atomic E-state index is -4.31. The van der Waals surface area contributed by atoms with E-state index in [1.807, 2.05) is 0 Å². The van der Waals surface area contributed by atoms with E-state index < -0.39 is 11.7 Å². The fourth-order valence-corrected chi connectivity index (χ4v) is 1.33. The highest BCUT2D eigenvalue weighted by molar-refractivity contribution is 5.83. The Bertz CT molecular complexity index is 470. The van der Waals surface area contributed by atoms with E-state index in [1.54, 1.807) is 6.07 Å². The minimum Gasteiger partial charge on any atom is -0.385 e. The van der Waals surface area contributed by atoms with Crippen molar-refractivity contribution in [1.29, 1.82) is 0 Å². The highest BCUT2D eigenvalue weighted by atomic mass is 19.4. The van der Waals surface area contributed by atoms with E-state index in [4.69, 9.17) is 5.73 Å². The van der Waals surface area contributed by atoms with Gasteiger partial charge < -0.3 is 10.7 Å². The molecule has 2 nitrogen and oxygen atoms in total. The quantitative estimate of drug-likeness (QED) is 0.674. The molecular formula is C9H7F3N2. The monoisotopic (exact) mass is 200 g/mol. The van der Waals surface area contributed by atoms with Crippen molar-refractivity contribution in [3.8, 4) is 0 Å². The molecule has 3 N–H and O–H groups in total. The molecule has 0 saturated carbocycles. The standard InChI is InChI=1S/C9H7F3N2/c10-9(11,12)6-2-1-5-3-8(13)14-7(5)4-6/h1-4,14H,13H2. The molecule has 0 aliphatic heterocycles. The Labute approximate surface area is 77.5 Å². The molecule has 0 saturated heterocycles. The van der Waals surface area contributed by atoms with E-state index in [0.29, 0.717) is 16.7 Å². The van der Waals surface area contributed by atoms with Gasteiger partial charge in [0.2, 0.25) is 0 Å².